The van der Waals surface area contributed by atoms with Gasteiger partial charge in [0.05, 0.1) is 11.4 Å². The summed E-state index contributed by atoms with van der Waals surface area (Å²) in [6, 6.07) is 20.5. The number of carbonyl (C=O) groups is 2. The van der Waals surface area contributed by atoms with E-state index in [2.05, 4.69) is 5.32 Å². The van der Waals surface area contributed by atoms with Gasteiger partial charge < -0.3 is 10.2 Å². The normalized spacial score (nSPS) is 12.2. The molecule has 0 saturated carbocycles. The van der Waals surface area contributed by atoms with Crippen molar-refractivity contribution in [3.05, 3.63) is 101 Å². The third-order valence-corrected chi connectivity index (χ3v) is 8.27. The van der Waals surface area contributed by atoms with E-state index in [1.165, 1.54) is 36.2 Å². The number of rotatable bonds is 13. The zero-order valence-corrected chi connectivity index (χ0v) is 23.5. The van der Waals surface area contributed by atoms with E-state index in [1.54, 1.807) is 24.3 Å². The SMILES string of the molecule is CCCCNC(=O)C(Cc1ccccc1)N(Cc1ccc(F)cc1)C(=O)CN(C)S(=O)(=O)c1ccc(C)cc1. The molecule has 0 aliphatic carbocycles. The Balaban J connectivity index is 1.94. The van der Waals surface area contributed by atoms with E-state index in [4.69, 9.17) is 0 Å². The lowest BCUT2D eigenvalue weighted by molar-refractivity contribution is -0.141. The van der Waals surface area contributed by atoms with Crippen molar-refractivity contribution in [2.45, 2.75) is 50.6 Å². The highest BCUT2D eigenvalue weighted by atomic mass is 32.2. The minimum atomic E-state index is -3.95. The van der Waals surface area contributed by atoms with Gasteiger partial charge in [-0.15, -0.1) is 0 Å². The van der Waals surface area contributed by atoms with E-state index in [9.17, 15) is 22.4 Å². The fraction of sp³-hybridized carbons (Fsp3) is 0.333. The lowest BCUT2D eigenvalue weighted by atomic mass is 10.0. The summed E-state index contributed by atoms with van der Waals surface area (Å²) in [6.45, 7) is 3.87. The largest absolute Gasteiger partial charge is 0.354 e. The van der Waals surface area contributed by atoms with Crippen LogP contribution < -0.4 is 5.32 Å². The Kier molecular flexibility index (Phi) is 10.8. The Morgan fingerprint density at radius 3 is 2.18 bits per heavy atom. The van der Waals surface area contributed by atoms with Gasteiger partial charge in [-0.25, -0.2) is 12.8 Å². The fourth-order valence-corrected chi connectivity index (χ4v) is 5.22. The highest BCUT2D eigenvalue weighted by Crippen LogP contribution is 2.19. The first-order chi connectivity index (χ1) is 18.6. The van der Waals surface area contributed by atoms with Gasteiger partial charge in [-0.2, -0.15) is 4.31 Å². The molecule has 0 aliphatic rings. The summed E-state index contributed by atoms with van der Waals surface area (Å²) < 4.78 is 41.0. The van der Waals surface area contributed by atoms with E-state index >= 15 is 0 Å². The van der Waals surface area contributed by atoms with Gasteiger partial charge in [-0.1, -0.05) is 73.5 Å². The van der Waals surface area contributed by atoms with Crippen LogP contribution in [0.5, 0.6) is 0 Å². The number of unbranched alkanes of at least 4 members (excludes halogenated alkanes) is 1. The molecular weight excluding hydrogens is 517 g/mol. The summed E-state index contributed by atoms with van der Waals surface area (Å²) in [5, 5.41) is 2.92. The Morgan fingerprint density at radius 1 is 0.923 bits per heavy atom. The van der Waals surface area contributed by atoms with Gasteiger partial charge >= 0.3 is 0 Å². The summed E-state index contributed by atoms with van der Waals surface area (Å²) in [5.41, 5.74) is 2.38. The van der Waals surface area contributed by atoms with Crippen molar-refractivity contribution in [3.63, 3.8) is 0 Å². The first kappa shape index (κ1) is 30.0. The number of hydrogen-bond acceptors (Lipinski definition) is 4. The topological polar surface area (TPSA) is 86.8 Å². The van der Waals surface area contributed by atoms with Crippen LogP contribution in [0, 0.1) is 12.7 Å². The van der Waals surface area contributed by atoms with Gasteiger partial charge in [-0.3, -0.25) is 9.59 Å². The fourth-order valence-electron chi connectivity index (χ4n) is 4.10. The molecule has 7 nitrogen and oxygen atoms in total. The highest BCUT2D eigenvalue weighted by Gasteiger charge is 2.33. The molecule has 208 valence electrons. The Bertz CT molecular complexity index is 1330. The lowest BCUT2D eigenvalue weighted by Crippen LogP contribution is -2.53. The number of nitrogens with zero attached hydrogens (tertiary/aromatic N) is 2. The third kappa shape index (κ3) is 8.46. The molecule has 3 rings (SSSR count). The number of amides is 2. The van der Waals surface area contributed by atoms with Crippen LogP contribution in [0.3, 0.4) is 0 Å². The molecule has 0 fully saturated rings. The van der Waals surface area contributed by atoms with E-state index < -0.39 is 34.3 Å². The highest BCUT2D eigenvalue weighted by molar-refractivity contribution is 7.89. The molecule has 9 heteroatoms. The van der Waals surface area contributed by atoms with Crippen LogP contribution in [0.15, 0.2) is 83.8 Å². The van der Waals surface area contributed by atoms with Gasteiger partial charge in [0, 0.05) is 26.6 Å². The molecule has 0 spiro atoms. The van der Waals surface area contributed by atoms with Crippen molar-refractivity contribution in [2.24, 2.45) is 0 Å². The average molecular weight is 554 g/mol. The van der Waals surface area contributed by atoms with Crippen LogP contribution in [0.25, 0.3) is 0 Å². The summed E-state index contributed by atoms with van der Waals surface area (Å²) in [4.78, 5) is 28.7. The van der Waals surface area contributed by atoms with Crippen LogP contribution in [0.1, 0.15) is 36.5 Å². The second kappa shape index (κ2) is 14.0. The van der Waals surface area contributed by atoms with E-state index in [0.29, 0.717) is 12.1 Å². The summed E-state index contributed by atoms with van der Waals surface area (Å²) in [5.74, 6) is -1.28. The number of sulfonamides is 1. The molecule has 0 bridgehead atoms. The number of aryl methyl sites for hydroxylation is 1. The summed E-state index contributed by atoms with van der Waals surface area (Å²) >= 11 is 0. The van der Waals surface area contributed by atoms with Gasteiger partial charge in [0.2, 0.25) is 21.8 Å². The molecule has 2 amide bonds. The monoisotopic (exact) mass is 553 g/mol. The molecule has 1 N–H and O–H groups in total. The second-order valence-electron chi connectivity index (χ2n) is 9.57. The number of likely N-dealkylation sites (N-methyl/N-ethyl adjacent to an activating group) is 1. The smallest absolute Gasteiger partial charge is 0.243 e. The molecule has 1 atom stereocenters. The van der Waals surface area contributed by atoms with Crippen molar-refractivity contribution >= 4 is 21.8 Å². The van der Waals surface area contributed by atoms with Gasteiger partial charge in [0.25, 0.3) is 0 Å². The van der Waals surface area contributed by atoms with Crippen molar-refractivity contribution in [1.29, 1.82) is 0 Å². The van der Waals surface area contributed by atoms with E-state index in [-0.39, 0.29) is 23.8 Å². The standard InChI is InChI=1S/C30H36FN3O4S/c1-4-5-19-32-30(36)28(20-24-9-7-6-8-10-24)34(21-25-13-15-26(31)16-14-25)29(35)22-33(3)39(37,38)27-17-11-23(2)12-18-27/h6-18,28H,4-5,19-22H2,1-3H3,(H,32,36). The minimum Gasteiger partial charge on any atom is -0.354 e. The van der Waals surface area contributed by atoms with Crippen molar-refractivity contribution in [3.8, 4) is 0 Å². The Hall–Kier alpha value is -3.56. The quantitative estimate of drug-likeness (QED) is 0.320. The second-order valence-corrected chi connectivity index (χ2v) is 11.6. The third-order valence-electron chi connectivity index (χ3n) is 6.45. The molecule has 0 radical (unpaired) electrons. The van der Waals surface area contributed by atoms with Gasteiger partial charge in [0.1, 0.15) is 11.9 Å². The van der Waals surface area contributed by atoms with Crippen molar-refractivity contribution in [1.82, 2.24) is 14.5 Å². The van der Waals surface area contributed by atoms with Gasteiger partial charge in [-0.05, 0) is 48.7 Å². The Labute approximate surface area is 230 Å². The molecule has 0 aliphatic heterocycles. The molecule has 0 saturated heterocycles. The Morgan fingerprint density at radius 2 is 1.56 bits per heavy atom. The van der Waals surface area contributed by atoms with Crippen molar-refractivity contribution in [2.75, 3.05) is 20.1 Å². The van der Waals surface area contributed by atoms with Gasteiger partial charge in [0.15, 0.2) is 0 Å². The molecule has 3 aromatic rings. The summed E-state index contributed by atoms with van der Waals surface area (Å²) in [7, 11) is -2.61. The van der Waals surface area contributed by atoms with Crippen LogP contribution in [0.2, 0.25) is 0 Å². The van der Waals surface area contributed by atoms with Crippen LogP contribution in [-0.4, -0.2) is 55.6 Å². The minimum absolute atomic E-state index is 0.0101. The van der Waals surface area contributed by atoms with E-state index in [0.717, 1.165) is 28.3 Å². The van der Waals surface area contributed by atoms with Crippen LogP contribution >= 0.6 is 0 Å². The molecular formula is C30H36FN3O4S. The predicted octanol–water partition coefficient (Wildman–Crippen LogP) is 4.31. The zero-order chi connectivity index (χ0) is 28.4. The number of hydrogen-bond donors (Lipinski definition) is 1. The molecule has 0 heterocycles. The number of nitrogens with one attached hydrogen (secondary N) is 1. The number of halogens is 1. The average Bonchev–Trinajstić information content (AvgIpc) is 2.92. The molecule has 0 aromatic heterocycles. The number of benzene rings is 3. The molecule has 3 aromatic carbocycles. The predicted molar refractivity (Wildman–Crippen MR) is 150 cm³/mol. The van der Waals surface area contributed by atoms with Crippen LogP contribution in [0.4, 0.5) is 4.39 Å². The first-order valence-electron chi connectivity index (χ1n) is 13.0. The molecule has 1 unspecified atom stereocenters. The zero-order valence-electron chi connectivity index (χ0n) is 22.6. The van der Waals surface area contributed by atoms with Crippen molar-refractivity contribution < 1.29 is 22.4 Å². The van der Waals surface area contributed by atoms with Crippen LogP contribution in [-0.2, 0) is 32.6 Å². The molecule has 39 heavy (non-hydrogen) atoms. The van der Waals surface area contributed by atoms with E-state index in [1.807, 2.05) is 44.2 Å². The maximum atomic E-state index is 13.8. The first-order valence-corrected chi connectivity index (χ1v) is 14.4. The lowest BCUT2D eigenvalue weighted by Gasteiger charge is -2.32. The number of carbonyl (C=O) groups excluding carboxylic acids is 2. The maximum Gasteiger partial charge on any atom is 0.243 e. The summed E-state index contributed by atoms with van der Waals surface area (Å²) in [6.07, 6.45) is 1.91. The maximum absolute atomic E-state index is 13.8.